The van der Waals surface area contributed by atoms with Crippen molar-refractivity contribution in [1.82, 2.24) is 0 Å². The number of hydrogen-bond donors (Lipinski definition) is 0. The second-order valence-corrected chi connectivity index (χ2v) is 7.41. The zero-order chi connectivity index (χ0) is 18.6. The highest BCUT2D eigenvalue weighted by Crippen LogP contribution is 2.28. The molecule has 0 heterocycles. The van der Waals surface area contributed by atoms with Crippen molar-refractivity contribution in [3.8, 4) is 0 Å². The predicted molar refractivity (Wildman–Crippen MR) is 98.4 cm³/mol. The Morgan fingerprint density at radius 1 is 1.20 bits per heavy atom. The van der Waals surface area contributed by atoms with Crippen molar-refractivity contribution in [2.24, 2.45) is 0 Å². The molecule has 6 nitrogen and oxygen atoms in total. The number of benzene rings is 2. The van der Waals surface area contributed by atoms with Crippen molar-refractivity contribution < 1.29 is 13.3 Å². The Morgan fingerprint density at radius 3 is 2.36 bits per heavy atom. The van der Waals surface area contributed by atoms with Crippen LogP contribution in [-0.4, -0.2) is 19.9 Å². The molecule has 0 aliphatic rings. The third-order valence-corrected chi connectivity index (χ3v) is 5.68. The third-order valence-electron chi connectivity index (χ3n) is 3.89. The Labute approximate surface area is 147 Å². The fourth-order valence-electron chi connectivity index (χ4n) is 2.43. The summed E-state index contributed by atoms with van der Waals surface area (Å²) in [5.41, 5.74) is 1.76. The number of nitrogens with zero attached hydrogens (tertiary/aromatic N) is 2. The fourth-order valence-corrected chi connectivity index (χ4v) is 3.89. The Morgan fingerprint density at radius 2 is 1.84 bits per heavy atom. The maximum Gasteiger partial charge on any atom is 0.273 e. The van der Waals surface area contributed by atoms with Crippen LogP contribution in [0.2, 0.25) is 0 Å². The standard InChI is InChI=1S/C18H20N2O4S/c1-4-12-19(16-9-7-15(5-2)8-10-16)25(23,24)17-11-6-14(3)18(13-17)20(21)22/h4,6-11,13H,1,5,12H2,2-3H3. The number of rotatable bonds is 7. The molecule has 0 amide bonds. The molecule has 0 atom stereocenters. The van der Waals surface area contributed by atoms with Crippen molar-refractivity contribution in [2.75, 3.05) is 10.8 Å². The minimum atomic E-state index is -3.95. The summed E-state index contributed by atoms with van der Waals surface area (Å²) in [6, 6.07) is 11.1. The van der Waals surface area contributed by atoms with Crippen LogP contribution in [0.1, 0.15) is 18.1 Å². The highest BCUT2D eigenvalue weighted by atomic mass is 32.2. The predicted octanol–water partition coefficient (Wildman–Crippen LogP) is 3.85. The van der Waals surface area contributed by atoms with E-state index in [1.165, 1.54) is 22.5 Å². The first-order valence-electron chi connectivity index (χ1n) is 7.79. The van der Waals surface area contributed by atoms with Crippen LogP contribution >= 0.6 is 0 Å². The van der Waals surface area contributed by atoms with Gasteiger partial charge in [-0.2, -0.15) is 0 Å². The van der Waals surface area contributed by atoms with Gasteiger partial charge in [0.2, 0.25) is 0 Å². The molecule has 0 aromatic heterocycles. The maximum atomic E-state index is 13.0. The fraction of sp³-hybridized carbons (Fsp3) is 0.222. The molecule has 0 saturated heterocycles. The van der Waals surface area contributed by atoms with Crippen LogP contribution in [-0.2, 0) is 16.4 Å². The van der Waals surface area contributed by atoms with Gasteiger partial charge in [-0.15, -0.1) is 6.58 Å². The molecule has 2 aromatic rings. The van der Waals surface area contributed by atoms with Gasteiger partial charge in [0, 0.05) is 11.6 Å². The third kappa shape index (κ3) is 3.88. The Balaban J connectivity index is 2.54. The quantitative estimate of drug-likeness (QED) is 0.427. The lowest BCUT2D eigenvalue weighted by molar-refractivity contribution is -0.385. The molecule has 0 unspecified atom stereocenters. The molecular formula is C18H20N2O4S. The first-order chi connectivity index (χ1) is 11.8. The molecule has 0 spiro atoms. The first kappa shape index (κ1) is 18.7. The van der Waals surface area contributed by atoms with Gasteiger partial charge in [-0.05, 0) is 37.1 Å². The lowest BCUT2D eigenvalue weighted by Crippen LogP contribution is -2.31. The van der Waals surface area contributed by atoms with Gasteiger partial charge >= 0.3 is 0 Å². The summed E-state index contributed by atoms with van der Waals surface area (Å²) >= 11 is 0. The maximum absolute atomic E-state index is 13.0. The van der Waals surface area contributed by atoms with Crippen molar-refractivity contribution in [1.29, 1.82) is 0 Å². The molecule has 25 heavy (non-hydrogen) atoms. The molecule has 0 bridgehead atoms. The molecule has 0 aliphatic carbocycles. The van der Waals surface area contributed by atoms with E-state index >= 15 is 0 Å². The minimum Gasteiger partial charge on any atom is -0.263 e. The van der Waals surface area contributed by atoms with E-state index in [4.69, 9.17) is 0 Å². The van der Waals surface area contributed by atoms with Gasteiger partial charge in [0.15, 0.2) is 0 Å². The van der Waals surface area contributed by atoms with E-state index in [9.17, 15) is 18.5 Å². The van der Waals surface area contributed by atoms with E-state index in [-0.39, 0.29) is 17.1 Å². The monoisotopic (exact) mass is 360 g/mol. The SMILES string of the molecule is C=CCN(c1ccc(CC)cc1)S(=O)(=O)c1ccc(C)c([N+](=O)[O-])c1. The van der Waals surface area contributed by atoms with Crippen LogP contribution < -0.4 is 4.31 Å². The Bertz CT molecular complexity index is 890. The molecule has 0 radical (unpaired) electrons. The summed E-state index contributed by atoms with van der Waals surface area (Å²) in [7, 11) is -3.95. The highest BCUT2D eigenvalue weighted by molar-refractivity contribution is 7.92. The van der Waals surface area contributed by atoms with Crippen LogP contribution in [0.5, 0.6) is 0 Å². The number of aryl methyl sites for hydroxylation is 2. The molecule has 2 rings (SSSR count). The van der Waals surface area contributed by atoms with Gasteiger partial charge in [-0.25, -0.2) is 8.42 Å². The van der Waals surface area contributed by atoms with Crippen LogP contribution in [0.3, 0.4) is 0 Å². The van der Waals surface area contributed by atoms with Crippen LogP contribution in [0, 0.1) is 17.0 Å². The number of nitro groups is 1. The number of hydrogen-bond acceptors (Lipinski definition) is 4. The second-order valence-electron chi connectivity index (χ2n) is 5.55. The first-order valence-corrected chi connectivity index (χ1v) is 9.23. The lowest BCUT2D eigenvalue weighted by Gasteiger charge is -2.23. The van der Waals surface area contributed by atoms with E-state index in [0.717, 1.165) is 18.1 Å². The van der Waals surface area contributed by atoms with E-state index in [0.29, 0.717) is 11.3 Å². The zero-order valence-electron chi connectivity index (χ0n) is 14.2. The topological polar surface area (TPSA) is 80.5 Å². The highest BCUT2D eigenvalue weighted by Gasteiger charge is 2.26. The van der Waals surface area contributed by atoms with Gasteiger partial charge in [-0.1, -0.05) is 31.2 Å². The van der Waals surface area contributed by atoms with Crippen LogP contribution in [0.4, 0.5) is 11.4 Å². The van der Waals surface area contributed by atoms with E-state index in [2.05, 4.69) is 6.58 Å². The summed E-state index contributed by atoms with van der Waals surface area (Å²) in [5.74, 6) is 0. The smallest absolute Gasteiger partial charge is 0.263 e. The van der Waals surface area contributed by atoms with Gasteiger partial charge in [0.25, 0.3) is 15.7 Å². The average molecular weight is 360 g/mol. The second kappa shape index (κ2) is 7.48. The summed E-state index contributed by atoms with van der Waals surface area (Å²) in [6.45, 7) is 7.26. The van der Waals surface area contributed by atoms with E-state index in [1.807, 2.05) is 19.1 Å². The average Bonchev–Trinajstić information content (AvgIpc) is 2.59. The summed E-state index contributed by atoms with van der Waals surface area (Å²) in [6.07, 6.45) is 2.33. The number of nitro benzene ring substituents is 1. The Hall–Kier alpha value is -2.67. The molecular weight excluding hydrogens is 340 g/mol. The molecule has 2 aromatic carbocycles. The van der Waals surface area contributed by atoms with Crippen molar-refractivity contribution in [3.05, 3.63) is 76.4 Å². The van der Waals surface area contributed by atoms with Gasteiger partial charge in [-0.3, -0.25) is 14.4 Å². The minimum absolute atomic E-state index is 0.0650. The Kier molecular flexibility index (Phi) is 5.58. The van der Waals surface area contributed by atoms with Gasteiger partial charge in [0.1, 0.15) is 0 Å². The molecule has 0 aliphatic heterocycles. The van der Waals surface area contributed by atoms with Crippen molar-refractivity contribution in [3.63, 3.8) is 0 Å². The number of anilines is 1. The number of sulfonamides is 1. The van der Waals surface area contributed by atoms with Gasteiger partial charge < -0.3 is 0 Å². The normalized spacial score (nSPS) is 11.1. The van der Waals surface area contributed by atoms with Crippen LogP contribution in [0.25, 0.3) is 0 Å². The largest absolute Gasteiger partial charge is 0.273 e. The summed E-state index contributed by atoms with van der Waals surface area (Å²) in [5, 5.41) is 11.1. The molecule has 0 fully saturated rings. The van der Waals surface area contributed by atoms with Crippen molar-refractivity contribution in [2.45, 2.75) is 25.2 Å². The summed E-state index contributed by atoms with van der Waals surface area (Å²) < 4.78 is 27.2. The lowest BCUT2D eigenvalue weighted by atomic mass is 10.1. The molecule has 132 valence electrons. The molecule has 0 saturated carbocycles. The molecule has 7 heteroatoms. The summed E-state index contributed by atoms with van der Waals surface area (Å²) in [4.78, 5) is 10.4. The zero-order valence-corrected chi connectivity index (χ0v) is 15.0. The molecule has 0 N–H and O–H groups in total. The van der Waals surface area contributed by atoms with E-state index in [1.54, 1.807) is 19.1 Å². The van der Waals surface area contributed by atoms with Gasteiger partial charge in [0.05, 0.1) is 22.1 Å². The van der Waals surface area contributed by atoms with Crippen molar-refractivity contribution >= 4 is 21.4 Å². The van der Waals surface area contributed by atoms with E-state index < -0.39 is 14.9 Å². The van der Waals surface area contributed by atoms with Crippen LogP contribution in [0.15, 0.2) is 60.0 Å².